The summed E-state index contributed by atoms with van der Waals surface area (Å²) in [5.74, 6) is 0.794. The normalized spacial score (nSPS) is 17.8. The Morgan fingerprint density at radius 1 is 1.38 bits per heavy atom. The maximum atomic E-state index is 13.2. The molecule has 0 radical (unpaired) electrons. The summed E-state index contributed by atoms with van der Waals surface area (Å²) in [5, 5.41) is 4.38. The molecule has 24 heavy (non-hydrogen) atoms. The van der Waals surface area contributed by atoms with Crippen molar-refractivity contribution in [3.63, 3.8) is 0 Å². The molecule has 0 spiro atoms. The number of hydrogen-bond acceptors (Lipinski definition) is 4. The average molecular weight is 327 g/mol. The van der Waals surface area contributed by atoms with Gasteiger partial charge < -0.3 is 9.80 Å². The summed E-state index contributed by atoms with van der Waals surface area (Å²) in [4.78, 5) is 21.4. The van der Waals surface area contributed by atoms with Crippen LogP contribution < -0.4 is 4.90 Å². The molecule has 0 N–H and O–H groups in total. The van der Waals surface area contributed by atoms with Crippen LogP contribution >= 0.6 is 0 Å². The summed E-state index contributed by atoms with van der Waals surface area (Å²) < 4.78 is 1.95. The van der Waals surface area contributed by atoms with Gasteiger partial charge in [-0.25, -0.2) is 4.98 Å². The van der Waals surface area contributed by atoms with Gasteiger partial charge in [-0.15, -0.1) is 0 Å². The highest BCUT2D eigenvalue weighted by Gasteiger charge is 2.29. The number of hydrogen-bond donors (Lipinski definition) is 0. The Kier molecular flexibility index (Phi) is 4.83. The lowest BCUT2D eigenvalue weighted by atomic mass is 10.0. The lowest BCUT2D eigenvalue weighted by Gasteiger charge is -2.36. The summed E-state index contributed by atoms with van der Waals surface area (Å²) in [6, 6.07) is 3.88. The van der Waals surface area contributed by atoms with Gasteiger partial charge in [-0.05, 0) is 43.9 Å². The van der Waals surface area contributed by atoms with Crippen molar-refractivity contribution in [2.45, 2.75) is 38.8 Å². The van der Waals surface area contributed by atoms with Gasteiger partial charge in [-0.2, -0.15) is 5.10 Å². The monoisotopic (exact) mass is 327 g/mol. The number of pyridine rings is 1. The van der Waals surface area contributed by atoms with Crippen molar-refractivity contribution in [2.24, 2.45) is 0 Å². The Labute approximate surface area is 143 Å². The fourth-order valence-corrected chi connectivity index (χ4v) is 3.32. The zero-order chi connectivity index (χ0) is 17.1. The number of piperidine rings is 1. The van der Waals surface area contributed by atoms with E-state index in [1.165, 1.54) is 0 Å². The number of aromatic nitrogens is 3. The Balaban J connectivity index is 1.83. The highest BCUT2D eigenvalue weighted by atomic mass is 16.2. The van der Waals surface area contributed by atoms with E-state index in [9.17, 15) is 4.79 Å². The fraction of sp³-hybridized carbons (Fsp3) is 0.500. The molecule has 0 aliphatic carbocycles. The molecule has 1 fully saturated rings. The Morgan fingerprint density at radius 3 is 2.92 bits per heavy atom. The molecule has 1 saturated heterocycles. The van der Waals surface area contributed by atoms with Crippen molar-refractivity contribution in [1.82, 2.24) is 19.7 Å². The minimum Gasteiger partial charge on any atom is -0.362 e. The van der Waals surface area contributed by atoms with Crippen LogP contribution in [-0.4, -0.2) is 52.3 Å². The van der Waals surface area contributed by atoms with Crippen LogP contribution in [0, 0.1) is 6.92 Å². The van der Waals surface area contributed by atoms with Crippen molar-refractivity contribution in [2.75, 3.05) is 25.5 Å². The van der Waals surface area contributed by atoms with Crippen molar-refractivity contribution >= 4 is 11.7 Å². The molecule has 0 saturated carbocycles. The van der Waals surface area contributed by atoms with E-state index < -0.39 is 0 Å². The molecular weight excluding hydrogens is 302 g/mol. The summed E-state index contributed by atoms with van der Waals surface area (Å²) in [6.45, 7) is 3.58. The van der Waals surface area contributed by atoms with E-state index in [4.69, 9.17) is 0 Å². The van der Waals surface area contributed by atoms with Crippen molar-refractivity contribution in [1.29, 1.82) is 0 Å². The van der Waals surface area contributed by atoms with E-state index in [-0.39, 0.29) is 11.9 Å². The van der Waals surface area contributed by atoms with Gasteiger partial charge in [-0.3, -0.25) is 9.48 Å². The van der Waals surface area contributed by atoms with E-state index in [0.717, 1.165) is 43.7 Å². The second kappa shape index (κ2) is 7.03. The second-order valence-electron chi connectivity index (χ2n) is 6.66. The van der Waals surface area contributed by atoms with Crippen LogP contribution in [0.5, 0.6) is 0 Å². The van der Waals surface area contributed by atoms with E-state index in [1.807, 2.05) is 60.0 Å². The summed E-state index contributed by atoms with van der Waals surface area (Å²) >= 11 is 0. The van der Waals surface area contributed by atoms with Gasteiger partial charge in [0.1, 0.15) is 5.82 Å². The van der Waals surface area contributed by atoms with E-state index in [2.05, 4.69) is 10.1 Å². The third kappa shape index (κ3) is 3.42. The maximum absolute atomic E-state index is 13.2. The molecule has 1 amide bonds. The molecule has 0 aromatic carbocycles. The predicted octanol–water partition coefficient (Wildman–Crippen LogP) is 2.35. The van der Waals surface area contributed by atoms with E-state index in [0.29, 0.717) is 5.56 Å². The SMILES string of the molecule is Cc1cnn(C[C@@H]2CCCCN2C(=O)c2cccnc2N(C)C)c1. The van der Waals surface area contributed by atoms with Gasteiger partial charge in [0.05, 0.1) is 24.3 Å². The van der Waals surface area contributed by atoms with Gasteiger partial charge in [-0.1, -0.05) is 0 Å². The fourth-order valence-electron chi connectivity index (χ4n) is 3.32. The van der Waals surface area contributed by atoms with Gasteiger partial charge in [0.15, 0.2) is 0 Å². The Morgan fingerprint density at radius 2 is 2.21 bits per heavy atom. The summed E-state index contributed by atoms with van der Waals surface area (Å²) in [5.41, 5.74) is 1.82. The van der Waals surface area contributed by atoms with Crippen LogP contribution in [0.25, 0.3) is 0 Å². The molecular formula is C18H25N5O. The van der Waals surface area contributed by atoms with Crippen LogP contribution in [-0.2, 0) is 6.54 Å². The quantitative estimate of drug-likeness (QED) is 0.865. The number of nitrogens with zero attached hydrogens (tertiary/aromatic N) is 5. The third-order valence-electron chi connectivity index (χ3n) is 4.49. The molecule has 2 aromatic rings. The standard InChI is InChI=1S/C18H25N5O/c1-14-11-20-22(12-14)13-15-7-4-5-10-23(15)18(24)16-8-6-9-19-17(16)21(2)3/h6,8-9,11-12,15H,4-5,7,10,13H2,1-3H3/t15-/m0/s1. The average Bonchev–Trinajstić information content (AvgIpc) is 2.99. The molecule has 0 bridgehead atoms. The summed E-state index contributed by atoms with van der Waals surface area (Å²) in [7, 11) is 3.83. The first-order valence-electron chi connectivity index (χ1n) is 8.48. The highest BCUT2D eigenvalue weighted by molar-refractivity contribution is 5.99. The van der Waals surface area contributed by atoms with E-state index >= 15 is 0 Å². The Hall–Kier alpha value is -2.37. The zero-order valence-electron chi connectivity index (χ0n) is 14.6. The molecule has 2 aromatic heterocycles. The lowest BCUT2D eigenvalue weighted by molar-refractivity contribution is 0.0584. The first kappa shape index (κ1) is 16.5. The first-order valence-corrected chi connectivity index (χ1v) is 8.48. The van der Waals surface area contributed by atoms with Gasteiger partial charge >= 0.3 is 0 Å². The minimum atomic E-state index is 0.0698. The molecule has 6 nitrogen and oxygen atoms in total. The van der Waals surface area contributed by atoms with E-state index in [1.54, 1.807) is 6.20 Å². The molecule has 128 valence electrons. The number of anilines is 1. The second-order valence-corrected chi connectivity index (χ2v) is 6.66. The molecule has 1 aliphatic heterocycles. The number of amides is 1. The minimum absolute atomic E-state index is 0.0698. The van der Waals surface area contributed by atoms with Gasteiger partial charge in [0.2, 0.25) is 0 Å². The van der Waals surface area contributed by atoms with Crippen molar-refractivity contribution < 1.29 is 4.79 Å². The predicted molar refractivity (Wildman–Crippen MR) is 94.2 cm³/mol. The van der Waals surface area contributed by atoms with Crippen molar-refractivity contribution in [3.8, 4) is 0 Å². The molecule has 6 heteroatoms. The van der Waals surface area contributed by atoms with Gasteiger partial charge in [0, 0.05) is 33.0 Å². The largest absolute Gasteiger partial charge is 0.362 e. The van der Waals surface area contributed by atoms with Crippen LogP contribution in [0.4, 0.5) is 5.82 Å². The molecule has 3 heterocycles. The van der Waals surface area contributed by atoms with Crippen LogP contribution in [0.2, 0.25) is 0 Å². The maximum Gasteiger partial charge on any atom is 0.257 e. The number of aryl methyl sites for hydroxylation is 1. The zero-order valence-corrected chi connectivity index (χ0v) is 14.6. The molecule has 1 aliphatic rings. The van der Waals surface area contributed by atoms with Crippen LogP contribution in [0.15, 0.2) is 30.7 Å². The summed E-state index contributed by atoms with van der Waals surface area (Å²) in [6.07, 6.45) is 8.85. The van der Waals surface area contributed by atoms with Crippen molar-refractivity contribution in [3.05, 3.63) is 41.9 Å². The molecule has 0 unspecified atom stereocenters. The molecule has 3 rings (SSSR count). The number of rotatable bonds is 4. The van der Waals surface area contributed by atoms with Gasteiger partial charge in [0.25, 0.3) is 5.91 Å². The number of likely N-dealkylation sites (tertiary alicyclic amines) is 1. The first-order chi connectivity index (χ1) is 11.6. The highest BCUT2D eigenvalue weighted by Crippen LogP contribution is 2.24. The third-order valence-corrected chi connectivity index (χ3v) is 4.49. The topological polar surface area (TPSA) is 54.3 Å². The number of carbonyl (C=O) groups is 1. The smallest absolute Gasteiger partial charge is 0.257 e. The van der Waals surface area contributed by atoms with Crippen LogP contribution in [0.3, 0.4) is 0 Å². The Bertz CT molecular complexity index is 709. The number of carbonyl (C=O) groups excluding carboxylic acids is 1. The molecule has 1 atom stereocenters. The lowest BCUT2D eigenvalue weighted by Crippen LogP contribution is -2.46. The van der Waals surface area contributed by atoms with Crippen LogP contribution in [0.1, 0.15) is 35.2 Å².